The van der Waals surface area contributed by atoms with Crippen LogP contribution >= 0.6 is 0 Å². The maximum Gasteiger partial charge on any atom is 0.229 e. The Morgan fingerprint density at radius 3 is 2.57 bits per heavy atom. The van der Waals surface area contributed by atoms with E-state index in [9.17, 15) is 0 Å². The van der Waals surface area contributed by atoms with Crippen LogP contribution in [-0.2, 0) is 0 Å². The first kappa shape index (κ1) is 9.44. The van der Waals surface area contributed by atoms with Gasteiger partial charge in [-0.1, -0.05) is 11.2 Å². The molecule has 1 fully saturated rings. The van der Waals surface area contributed by atoms with Crippen LogP contribution in [0.3, 0.4) is 0 Å². The summed E-state index contributed by atoms with van der Waals surface area (Å²) in [4.78, 5) is 4.28. The molecule has 76 valence electrons. The smallest absolute Gasteiger partial charge is 0.229 e. The van der Waals surface area contributed by atoms with Crippen molar-refractivity contribution in [3.05, 3.63) is 24.4 Å². The van der Waals surface area contributed by atoms with Gasteiger partial charge in [0.2, 0.25) is 5.89 Å². The zero-order valence-electron chi connectivity index (χ0n) is 8.57. The molecule has 0 N–H and O–H groups in total. The first-order valence-electron chi connectivity index (χ1n) is 5.22. The molecular formula is C11H16N2O. The summed E-state index contributed by atoms with van der Waals surface area (Å²) in [5.74, 6) is 2.73. The fourth-order valence-corrected chi connectivity index (χ4v) is 2.08. The van der Waals surface area contributed by atoms with Crippen LogP contribution in [0, 0.1) is 12.8 Å². The molecule has 0 radical (unpaired) electrons. The lowest BCUT2D eigenvalue weighted by Crippen LogP contribution is -2.11. The number of hydrogen-bond acceptors (Lipinski definition) is 3. The monoisotopic (exact) mass is 192 g/mol. The molecular weight excluding hydrogens is 176 g/mol. The van der Waals surface area contributed by atoms with E-state index in [1.165, 1.54) is 12.8 Å². The van der Waals surface area contributed by atoms with Crippen LogP contribution in [0.4, 0.5) is 0 Å². The number of nitrogens with zero attached hydrogens (tertiary/aromatic N) is 2. The van der Waals surface area contributed by atoms with Crippen molar-refractivity contribution in [1.82, 2.24) is 10.1 Å². The third-order valence-corrected chi connectivity index (χ3v) is 3.00. The van der Waals surface area contributed by atoms with Crippen LogP contribution in [0.1, 0.15) is 43.3 Å². The van der Waals surface area contributed by atoms with Gasteiger partial charge in [0.25, 0.3) is 0 Å². The maximum atomic E-state index is 5.19. The molecule has 0 aliphatic heterocycles. The molecule has 14 heavy (non-hydrogen) atoms. The summed E-state index contributed by atoms with van der Waals surface area (Å²) in [7, 11) is 0. The Kier molecular flexibility index (Phi) is 2.66. The highest BCUT2D eigenvalue weighted by atomic mass is 16.5. The summed E-state index contributed by atoms with van der Waals surface area (Å²) in [5, 5.41) is 3.82. The van der Waals surface area contributed by atoms with Crippen LogP contribution in [-0.4, -0.2) is 10.1 Å². The Hall–Kier alpha value is -1.12. The third kappa shape index (κ3) is 1.86. The SMILES string of the molecule is C=CC1CCC(c2nc(C)no2)CC1. The van der Waals surface area contributed by atoms with E-state index in [-0.39, 0.29) is 0 Å². The van der Waals surface area contributed by atoms with E-state index in [1.807, 2.05) is 6.92 Å². The summed E-state index contributed by atoms with van der Waals surface area (Å²) >= 11 is 0. The molecule has 1 heterocycles. The molecule has 3 heteroatoms. The van der Waals surface area contributed by atoms with E-state index in [4.69, 9.17) is 4.52 Å². The minimum atomic E-state index is 0.479. The summed E-state index contributed by atoms with van der Waals surface area (Å²) in [5.41, 5.74) is 0. The average molecular weight is 192 g/mol. The Morgan fingerprint density at radius 1 is 1.36 bits per heavy atom. The lowest BCUT2D eigenvalue weighted by molar-refractivity contribution is 0.292. The van der Waals surface area contributed by atoms with Crippen LogP contribution in [0.15, 0.2) is 17.2 Å². The second-order valence-corrected chi connectivity index (χ2v) is 4.03. The van der Waals surface area contributed by atoms with Gasteiger partial charge in [-0.05, 0) is 38.5 Å². The van der Waals surface area contributed by atoms with Crippen LogP contribution in [0.2, 0.25) is 0 Å². The topological polar surface area (TPSA) is 38.9 Å². The zero-order valence-corrected chi connectivity index (χ0v) is 8.57. The van der Waals surface area contributed by atoms with Gasteiger partial charge in [-0.2, -0.15) is 4.98 Å². The van der Waals surface area contributed by atoms with Crippen molar-refractivity contribution in [3.63, 3.8) is 0 Å². The number of rotatable bonds is 2. The fraction of sp³-hybridized carbons (Fsp3) is 0.636. The van der Waals surface area contributed by atoms with Gasteiger partial charge in [0.05, 0.1) is 0 Å². The van der Waals surface area contributed by atoms with Crippen molar-refractivity contribution in [3.8, 4) is 0 Å². The molecule has 0 atom stereocenters. The Balaban J connectivity index is 1.98. The molecule has 1 aliphatic carbocycles. The van der Waals surface area contributed by atoms with Crippen LogP contribution < -0.4 is 0 Å². The highest BCUT2D eigenvalue weighted by Gasteiger charge is 2.24. The fourth-order valence-electron chi connectivity index (χ4n) is 2.08. The van der Waals surface area contributed by atoms with E-state index < -0.39 is 0 Å². The van der Waals surface area contributed by atoms with Crippen molar-refractivity contribution >= 4 is 0 Å². The largest absolute Gasteiger partial charge is 0.339 e. The Labute approximate surface area is 84.2 Å². The first-order chi connectivity index (χ1) is 6.79. The van der Waals surface area contributed by atoms with Crippen molar-refractivity contribution < 1.29 is 4.52 Å². The van der Waals surface area contributed by atoms with Crippen molar-refractivity contribution in [2.24, 2.45) is 5.92 Å². The zero-order chi connectivity index (χ0) is 9.97. The van der Waals surface area contributed by atoms with Crippen LogP contribution in [0.25, 0.3) is 0 Å². The molecule has 1 aromatic rings. The van der Waals surface area contributed by atoms with Crippen molar-refractivity contribution in [1.29, 1.82) is 0 Å². The second-order valence-electron chi connectivity index (χ2n) is 4.03. The van der Waals surface area contributed by atoms with Gasteiger partial charge in [-0.3, -0.25) is 0 Å². The molecule has 1 saturated carbocycles. The predicted molar refractivity (Wildman–Crippen MR) is 53.9 cm³/mol. The molecule has 0 amide bonds. The quantitative estimate of drug-likeness (QED) is 0.676. The number of hydrogen-bond donors (Lipinski definition) is 0. The van der Waals surface area contributed by atoms with Crippen molar-refractivity contribution in [2.45, 2.75) is 38.5 Å². The van der Waals surface area contributed by atoms with Gasteiger partial charge in [0.1, 0.15) is 0 Å². The Morgan fingerprint density at radius 2 is 2.07 bits per heavy atom. The Bertz CT molecular complexity index is 311. The molecule has 1 aromatic heterocycles. The van der Waals surface area contributed by atoms with Gasteiger partial charge >= 0.3 is 0 Å². The minimum absolute atomic E-state index is 0.479. The standard InChI is InChI=1S/C11H16N2O/c1-3-9-4-6-10(7-5-9)11-12-8(2)13-14-11/h3,9-10H,1,4-7H2,2H3. The molecule has 1 aliphatic rings. The minimum Gasteiger partial charge on any atom is -0.339 e. The lowest BCUT2D eigenvalue weighted by atomic mass is 9.82. The molecule has 0 saturated heterocycles. The molecule has 0 bridgehead atoms. The van der Waals surface area contributed by atoms with E-state index in [0.717, 1.165) is 24.6 Å². The highest BCUT2D eigenvalue weighted by molar-refractivity contribution is 4.97. The van der Waals surface area contributed by atoms with Crippen LogP contribution in [0.5, 0.6) is 0 Å². The molecule has 3 nitrogen and oxygen atoms in total. The summed E-state index contributed by atoms with van der Waals surface area (Å²) in [6, 6.07) is 0. The number of aryl methyl sites for hydroxylation is 1. The molecule has 0 unspecified atom stereocenters. The van der Waals surface area contributed by atoms with E-state index in [2.05, 4.69) is 22.8 Å². The average Bonchev–Trinajstić information content (AvgIpc) is 2.65. The van der Waals surface area contributed by atoms with E-state index in [0.29, 0.717) is 11.8 Å². The summed E-state index contributed by atoms with van der Waals surface area (Å²) in [6.45, 7) is 5.70. The molecule has 0 spiro atoms. The van der Waals surface area contributed by atoms with Gasteiger partial charge in [-0.15, -0.1) is 6.58 Å². The predicted octanol–water partition coefficient (Wildman–Crippen LogP) is 2.84. The summed E-state index contributed by atoms with van der Waals surface area (Å²) < 4.78 is 5.19. The number of aromatic nitrogens is 2. The molecule has 0 aromatic carbocycles. The second kappa shape index (κ2) is 3.95. The van der Waals surface area contributed by atoms with Gasteiger partial charge in [0.15, 0.2) is 5.82 Å². The van der Waals surface area contributed by atoms with Crippen molar-refractivity contribution in [2.75, 3.05) is 0 Å². The van der Waals surface area contributed by atoms with E-state index in [1.54, 1.807) is 0 Å². The summed E-state index contributed by atoms with van der Waals surface area (Å²) in [6.07, 6.45) is 6.77. The van der Waals surface area contributed by atoms with Gasteiger partial charge in [-0.25, -0.2) is 0 Å². The van der Waals surface area contributed by atoms with Gasteiger partial charge < -0.3 is 4.52 Å². The van der Waals surface area contributed by atoms with E-state index >= 15 is 0 Å². The first-order valence-corrected chi connectivity index (χ1v) is 5.22. The third-order valence-electron chi connectivity index (χ3n) is 3.00. The highest BCUT2D eigenvalue weighted by Crippen LogP contribution is 2.35. The normalized spacial score (nSPS) is 27.5. The lowest BCUT2D eigenvalue weighted by Gasteiger charge is -2.23. The molecule has 2 rings (SSSR count). The maximum absolute atomic E-state index is 5.19. The number of allylic oxidation sites excluding steroid dienone is 1. The van der Waals surface area contributed by atoms with Gasteiger partial charge in [0, 0.05) is 5.92 Å².